The Kier molecular flexibility index (Phi) is 3.01. The highest BCUT2D eigenvalue weighted by Gasteiger charge is 2.27. The summed E-state index contributed by atoms with van der Waals surface area (Å²) in [5, 5.41) is 5.83. The molecule has 0 radical (unpaired) electrons. The molecule has 0 saturated heterocycles. The Bertz CT molecular complexity index is 1100. The van der Waals surface area contributed by atoms with Gasteiger partial charge in [0.1, 0.15) is 5.58 Å². The number of aryl methyl sites for hydroxylation is 1. The van der Waals surface area contributed by atoms with E-state index in [0.29, 0.717) is 6.04 Å². The third-order valence-electron chi connectivity index (χ3n) is 4.89. The van der Waals surface area contributed by atoms with E-state index < -0.39 is 0 Å². The minimum absolute atomic E-state index is 0.329. The van der Waals surface area contributed by atoms with Gasteiger partial charge in [0, 0.05) is 29.6 Å². The van der Waals surface area contributed by atoms with E-state index >= 15 is 0 Å². The maximum Gasteiger partial charge on any atom is 0.159 e. The van der Waals surface area contributed by atoms with Gasteiger partial charge >= 0.3 is 0 Å². The third kappa shape index (κ3) is 2.10. The standard InChI is InChI=1S/C21H19N3O/c1-13-9-10-16-15-6-3-4-8-18(15)25-20(16)19(13)24-12-14(2)23-17-7-5-11-22-21(17)24/h3-11,14,23H,12H2,1-2H3/t14-/m0/s1. The van der Waals surface area contributed by atoms with Crippen molar-refractivity contribution in [3.63, 3.8) is 0 Å². The summed E-state index contributed by atoms with van der Waals surface area (Å²) in [6, 6.07) is 16.9. The number of anilines is 3. The van der Waals surface area contributed by atoms with Crippen LogP contribution in [0.4, 0.5) is 17.2 Å². The zero-order valence-corrected chi connectivity index (χ0v) is 14.3. The fourth-order valence-electron chi connectivity index (χ4n) is 3.80. The van der Waals surface area contributed by atoms with Crippen LogP contribution in [-0.2, 0) is 0 Å². The number of nitrogens with zero attached hydrogens (tertiary/aromatic N) is 2. The molecule has 3 heterocycles. The molecular formula is C21H19N3O. The minimum Gasteiger partial charge on any atom is -0.454 e. The Morgan fingerprint density at radius 2 is 1.96 bits per heavy atom. The first-order valence-corrected chi connectivity index (χ1v) is 8.62. The number of hydrogen-bond acceptors (Lipinski definition) is 4. The lowest BCUT2D eigenvalue weighted by Crippen LogP contribution is -2.37. The van der Waals surface area contributed by atoms with E-state index in [4.69, 9.17) is 4.42 Å². The van der Waals surface area contributed by atoms with Crippen molar-refractivity contribution < 1.29 is 4.42 Å². The molecule has 0 saturated carbocycles. The lowest BCUT2D eigenvalue weighted by Gasteiger charge is -2.35. The zero-order chi connectivity index (χ0) is 17.0. The van der Waals surface area contributed by atoms with Crippen LogP contribution < -0.4 is 10.2 Å². The normalized spacial score (nSPS) is 16.9. The number of nitrogens with one attached hydrogen (secondary N) is 1. The molecule has 0 spiro atoms. The average Bonchev–Trinajstić information content (AvgIpc) is 2.99. The van der Waals surface area contributed by atoms with Gasteiger partial charge in [-0.3, -0.25) is 0 Å². The summed E-state index contributed by atoms with van der Waals surface area (Å²) in [6.07, 6.45) is 1.84. The zero-order valence-electron chi connectivity index (χ0n) is 14.3. The predicted molar refractivity (Wildman–Crippen MR) is 103 cm³/mol. The summed E-state index contributed by atoms with van der Waals surface area (Å²) in [5.74, 6) is 0.955. The largest absolute Gasteiger partial charge is 0.454 e. The van der Waals surface area contributed by atoms with Crippen molar-refractivity contribution in [3.8, 4) is 0 Å². The van der Waals surface area contributed by atoms with Gasteiger partial charge in [-0.05, 0) is 37.6 Å². The molecule has 4 nitrogen and oxygen atoms in total. The number of fused-ring (bicyclic) bond motifs is 4. The molecule has 2 aromatic carbocycles. The molecule has 1 N–H and O–H groups in total. The minimum atomic E-state index is 0.329. The predicted octanol–water partition coefficient (Wildman–Crippen LogP) is 5.24. The SMILES string of the molecule is Cc1ccc2c(oc3ccccc32)c1N1C[C@H](C)Nc2cccnc21. The van der Waals surface area contributed by atoms with E-state index in [1.54, 1.807) is 0 Å². The maximum atomic E-state index is 6.28. The van der Waals surface area contributed by atoms with Gasteiger partial charge in [-0.2, -0.15) is 0 Å². The third-order valence-corrected chi connectivity index (χ3v) is 4.89. The Hall–Kier alpha value is -3.01. The van der Waals surface area contributed by atoms with Crippen LogP contribution in [-0.4, -0.2) is 17.6 Å². The van der Waals surface area contributed by atoms with Crippen LogP contribution >= 0.6 is 0 Å². The van der Waals surface area contributed by atoms with Crippen LogP contribution in [0.15, 0.2) is 59.1 Å². The van der Waals surface area contributed by atoms with Crippen molar-refractivity contribution in [1.82, 2.24) is 4.98 Å². The van der Waals surface area contributed by atoms with Gasteiger partial charge in [-0.15, -0.1) is 0 Å². The molecule has 4 heteroatoms. The van der Waals surface area contributed by atoms with Crippen LogP contribution in [0.2, 0.25) is 0 Å². The fourth-order valence-corrected chi connectivity index (χ4v) is 3.80. The van der Waals surface area contributed by atoms with Gasteiger partial charge < -0.3 is 14.6 Å². The van der Waals surface area contributed by atoms with Gasteiger partial charge in [0.15, 0.2) is 11.4 Å². The Labute approximate surface area is 146 Å². The number of hydrogen-bond donors (Lipinski definition) is 1. The highest BCUT2D eigenvalue weighted by Crippen LogP contribution is 2.42. The highest BCUT2D eigenvalue weighted by molar-refractivity contribution is 6.10. The van der Waals surface area contributed by atoms with Gasteiger partial charge in [0.05, 0.1) is 11.4 Å². The summed E-state index contributed by atoms with van der Waals surface area (Å²) >= 11 is 0. The van der Waals surface area contributed by atoms with E-state index in [-0.39, 0.29) is 0 Å². The van der Waals surface area contributed by atoms with E-state index in [2.05, 4.69) is 59.4 Å². The summed E-state index contributed by atoms with van der Waals surface area (Å²) in [7, 11) is 0. The first-order valence-electron chi connectivity index (χ1n) is 8.62. The van der Waals surface area contributed by atoms with Crippen molar-refractivity contribution >= 4 is 39.1 Å². The van der Waals surface area contributed by atoms with Crippen LogP contribution in [0.5, 0.6) is 0 Å². The second kappa shape index (κ2) is 5.24. The van der Waals surface area contributed by atoms with Crippen molar-refractivity contribution in [3.05, 3.63) is 60.3 Å². The molecule has 0 bridgehead atoms. The second-order valence-corrected chi connectivity index (χ2v) is 6.74. The number of rotatable bonds is 1. The lowest BCUT2D eigenvalue weighted by atomic mass is 10.1. The van der Waals surface area contributed by atoms with Gasteiger partial charge in [-0.1, -0.05) is 30.3 Å². The first kappa shape index (κ1) is 14.3. The van der Waals surface area contributed by atoms with Gasteiger partial charge in [0.2, 0.25) is 0 Å². The molecule has 1 aliphatic rings. The number of benzene rings is 2. The topological polar surface area (TPSA) is 41.3 Å². The molecule has 124 valence electrons. The Morgan fingerprint density at radius 1 is 1.08 bits per heavy atom. The van der Waals surface area contributed by atoms with E-state index in [9.17, 15) is 0 Å². The summed E-state index contributed by atoms with van der Waals surface area (Å²) in [6.45, 7) is 5.18. The van der Waals surface area contributed by atoms with Crippen molar-refractivity contribution in [2.75, 3.05) is 16.8 Å². The lowest BCUT2D eigenvalue weighted by molar-refractivity contribution is 0.663. The van der Waals surface area contributed by atoms with Crippen LogP contribution in [0.3, 0.4) is 0 Å². The quantitative estimate of drug-likeness (QED) is 0.518. The van der Waals surface area contributed by atoms with Crippen LogP contribution in [0.1, 0.15) is 12.5 Å². The summed E-state index contributed by atoms with van der Waals surface area (Å²) < 4.78 is 6.28. The fraction of sp³-hybridized carbons (Fsp3) is 0.190. The molecule has 0 aliphatic carbocycles. The molecule has 25 heavy (non-hydrogen) atoms. The first-order chi connectivity index (χ1) is 12.2. The molecule has 0 fully saturated rings. The monoisotopic (exact) mass is 329 g/mol. The van der Waals surface area contributed by atoms with Crippen molar-refractivity contribution in [1.29, 1.82) is 0 Å². The second-order valence-electron chi connectivity index (χ2n) is 6.74. The summed E-state index contributed by atoms with van der Waals surface area (Å²) in [5.41, 5.74) is 5.23. The van der Waals surface area contributed by atoms with Crippen molar-refractivity contribution in [2.24, 2.45) is 0 Å². The molecule has 0 unspecified atom stereocenters. The van der Waals surface area contributed by atoms with Crippen LogP contribution in [0.25, 0.3) is 21.9 Å². The van der Waals surface area contributed by atoms with E-state index in [1.165, 1.54) is 5.56 Å². The summed E-state index contributed by atoms with van der Waals surface area (Å²) in [4.78, 5) is 6.92. The van der Waals surface area contributed by atoms with E-state index in [0.717, 1.165) is 45.7 Å². The molecular weight excluding hydrogens is 310 g/mol. The van der Waals surface area contributed by atoms with Gasteiger partial charge in [0.25, 0.3) is 0 Å². The Balaban J connectivity index is 1.82. The highest BCUT2D eigenvalue weighted by atomic mass is 16.3. The molecule has 1 aliphatic heterocycles. The van der Waals surface area contributed by atoms with E-state index in [1.807, 2.05) is 24.4 Å². The van der Waals surface area contributed by atoms with Crippen molar-refractivity contribution in [2.45, 2.75) is 19.9 Å². The number of aromatic nitrogens is 1. The Morgan fingerprint density at radius 3 is 2.88 bits per heavy atom. The molecule has 5 rings (SSSR count). The number of para-hydroxylation sites is 1. The molecule has 2 aromatic heterocycles. The molecule has 4 aromatic rings. The number of pyridine rings is 1. The molecule has 0 amide bonds. The number of furan rings is 1. The van der Waals surface area contributed by atoms with Crippen LogP contribution in [0, 0.1) is 6.92 Å². The molecule has 1 atom stereocenters. The average molecular weight is 329 g/mol. The maximum absolute atomic E-state index is 6.28. The van der Waals surface area contributed by atoms with Gasteiger partial charge in [-0.25, -0.2) is 4.98 Å². The smallest absolute Gasteiger partial charge is 0.159 e.